The first-order valence-electron chi connectivity index (χ1n) is 4.77. The van der Waals surface area contributed by atoms with E-state index in [1.165, 1.54) is 16.7 Å². The molecule has 18 heavy (non-hydrogen) atoms. The van der Waals surface area contributed by atoms with Crippen molar-refractivity contribution in [3.63, 3.8) is 0 Å². The molecule has 1 amide bonds. The summed E-state index contributed by atoms with van der Waals surface area (Å²) in [4.78, 5) is 27.1. The molecule has 0 spiro atoms. The van der Waals surface area contributed by atoms with Crippen molar-refractivity contribution in [2.24, 2.45) is 0 Å². The van der Waals surface area contributed by atoms with Crippen LogP contribution in [0.4, 0.5) is 0 Å². The molecule has 5 nitrogen and oxygen atoms in total. The second-order valence-corrected chi connectivity index (χ2v) is 6.64. The molecule has 2 N–H and O–H groups in total. The van der Waals surface area contributed by atoms with Crippen LogP contribution in [-0.4, -0.2) is 22.0 Å². The topological polar surface area (TPSA) is 79.3 Å². The maximum Gasteiger partial charge on any atom is 0.355 e. The van der Waals surface area contributed by atoms with Crippen molar-refractivity contribution in [1.29, 1.82) is 0 Å². The number of thiazole rings is 1. The quantitative estimate of drug-likeness (QED) is 0.891. The summed E-state index contributed by atoms with van der Waals surface area (Å²) in [6.07, 6.45) is 0. The largest absolute Gasteiger partial charge is 0.476 e. The van der Waals surface area contributed by atoms with Gasteiger partial charge in [-0.15, -0.1) is 22.7 Å². The Hall–Kier alpha value is -1.25. The van der Waals surface area contributed by atoms with E-state index in [2.05, 4.69) is 26.2 Å². The molecule has 2 heterocycles. The summed E-state index contributed by atoms with van der Waals surface area (Å²) in [5.74, 6) is -1.50. The minimum atomic E-state index is -1.13. The summed E-state index contributed by atoms with van der Waals surface area (Å²) in [7, 11) is 0. The minimum Gasteiger partial charge on any atom is -0.476 e. The molecule has 0 bridgehead atoms. The maximum atomic E-state index is 11.7. The number of thiophene rings is 1. The number of aromatic carboxylic acids is 1. The lowest BCUT2D eigenvalue weighted by Crippen LogP contribution is -2.22. The average Bonchev–Trinajstić information content (AvgIpc) is 2.94. The molecular formula is C10H7BrN2O3S2. The third-order valence-electron chi connectivity index (χ3n) is 1.97. The van der Waals surface area contributed by atoms with Crippen LogP contribution < -0.4 is 5.32 Å². The number of carboxylic acids is 1. The van der Waals surface area contributed by atoms with Gasteiger partial charge >= 0.3 is 5.97 Å². The highest BCUT2D eigenvalue weighted by Crippen LogP contribution is 2.21. The number of nitrogens with zero attached hydrogens (tertiary/aromatic N) is 1. The molecule has 0 aliphatic carbocycles. The molecule has 8 heteroatoms. The lowest BCUT2D eigenvalue weighted by Gasteiger charge is -1.99. The average molecular weight is 347 g/mol. The smallest absolute Gasteiger partial charge is 0.355 e. The van der Waals surface area contributed by atoms with E-state index in [0.717, 1.165) is 20.0 Å². The normalized spacial score (nSPS) is 10.3. The fourth-order valence-corrected chi connectivity index (χ4v) is 3.30. The first kappa shape index (κ1) is 13.2. The van der Waals surface area contributed by atoms with Crippen molar-refractivity contribution in [3.8, 4) is 0 Å². The Bertz CT molecular complexity index is 593. The third-order valence-corrected chi connectivity index (χ3v) is 4.43. The summed E-state index contributed by atoms with van der Waals surface area (Å²) in [5, 5.41) is 12.9. The van der Waals surface area contributed by atoms with Gasteiger partial charge < -0.3 is 10.4 Å². The number of aromatic nitrogens is 1. The van der Waals surface area contributed by atoms with Crippen LogP contribution in [0, 0.1) is 0 Å². The molecule has 0 saturated carbocycles. The van der Waals surface area contributed by atoms with Crippen molar-refractivity contribution >= 4 is 50.5 Å². The SMILES string of the molecule is O=C(O)c1csc(C(=O)NCc2ccc(Br)s2)n1. The Labute approximate surface area is 119 Å². The zero-order valence-electron chi connectivity index (χ0n) is 8.84. The highest BCUT2D eigenvalue weighted by Gasteiger charge is 2.14. The number of carboxylic acid groups (broad SMARTS) is 1. The molecule has 2 aromatic rings. The molecule has 0 unspecified atom stereocenters. The Morgan fingerprint density at radius 1 is 1.44 bits per heavy atom. The lowest BCUT2D eigenvalue weighted by atomic mass is 10.4. The summed E-state index contributed by atoms with van der Waals surface area (Å²) in [6, 6.07) is 3.80. The van der Waals surface area contributed by atoms with Gasteiger partial charge in [0.1, 0.15) is 0 Å². The lowest BCUT2D eigenvalue weighted by molar-refractivity contribution is 0.0691. The van der Waals surface area contributed by atoms with Crippen LogP contribution in [0.3, 0.4) is 0 Å². The predicted octanol–water partition coefficient (Wildman–Crippen LogP) is 2.60. The van der Waals surface area contributed by atoms with E-state index >= 15 is 0 Å². The van der Waals surface area contributed by atoms with Crippen LogP contribution >= 0.6 is 38.6 Å². The molecule has 0 saturated heterocycles. The van der Waals surface area contributed by atoms with Gasteiger partial charge in [0.15, 0.2) is 10.7 Å². The number of rotatable bonds is 4. The number of amides is 1. The Morgan fingerprint density at radius 3 is 2.78 bits per heavy atom. The van der Waals surface area contributed by atoms with E-state index in [1.807, 2.05) is 12.1 Å². The Balaban J connectivity index is 1.97. The molecule has 0 aliphatic heterocycles. The molecule has 0 aliphatic rings. The van der Waals surface area contributed by atoms with Gasteiger partial charge in [0.25, 0.3) is 5.91 Å². The van der Waals surface area contributed by atoms with Crippen LogP contribution in [0.5, 0.6) is 0 Å². The number of nitrogens with one attached hydrogen (secondary N) is 1. The van der Waals surface area contributed by atoms with Gasteiger partial charge in [-0.1, -0.05) is 0 Å². The summed E-state index contributed by atoms with van der Waals surface area (Å²) in [6.45, 7) is 0.400. The molecule has 0 atom stereocenters. The number of hydrogen-bond donors (Lipinski definition) is 2. The van der Waals surface area contributed by atoms with Gasteiger partial charge in [-0.25, -0.2) is 9.78 Å². The van der Waals surface area contributed by atoms with Gasteiger partial charge in [-0.2, -0.15) is 0 Å². The van der Waals surface area contributed by atoms with E-state index < -0.39 is 5.97 Å². The van der Waals surface area contributed by atoms with E-state index in [1.54, 1.807) is 0 Å². The zero-order chi connectivity index (χ0) is 13.1. The molecular weight excluding hydrogens is 340 g/mol. The second kappa shape index (κ2) is 5.59. The first-order chi connectivity index (χ1) is 8.56. The fourth-order valence-electron chi connectivity index (χ4n) is 1.17. The fraction of sp³-hybridized carbons (Fsp3) is 0.100. The van der Waals surface area contributed by atoms with Crippen LogP contribution in [-0.2, 0) is 6.54 Å². The van der Waals surface area contributed by atoms with Crippen LogP contribution in [0.1, 0.15) is 25.2 Å². The standard InChI is InChI=1S/C10H7BrN2O3S2/c11-7-2-1-5(18-7)3-12-8(14)9-13-6(4-17-9)10(15)16/h1-2,4H,3H2,(H,12,14)(H,15,16). The highest BCUT2D eigenvalue weighted by atomic mass is 79.9. The van der Waals surface area contributed by atoms with E-state index in [4.69, 9.17) is 5.11 Å². The van der Waals surface area contributed by atoms with Gasteiger partial charge in [-0.3, -0.25) is 4.79 Å². The van der Waals surface area contributed by atoms with E-state index in [9.17, 15) is 9.59 Å². The predicted molar refractivity (Wildman–Crippen MR) is 72.3 cm³/mol. The zero-order valence-corrected chi connectivity index (χ0v) is 12.1. The number of halogens is 1. The molecule has 94 valence electrons. The molecule has 0 fully saturated rings. The molecule has 2 rings (SSSR count). The summed E-state index contributed by atoms with van der Waals surface area (Å²) < 4.78 is 0.995. The highest BCUT2D eigenvalue weighted by molar-refractivity contribution is 9.11. The first-order valence-corrected chi connectivity index (χ1v) is 7.26. The van der Waals surface area contributed by atoms with Gasteiger partial charge in [0.2, 0.25) is 0 Å². The number of carbonyl (C=O) groups excluding carboxylic acids is 1. The summed E-state index contributed by atoms with van der Waals surface area (Å²) in [5.41, 5.74) is -0.107. The van der Waals surface area contributed by atoms with Gasteiger partial charge in [0.05, 0.1) is 10.3 Å². The van der Waals surface area contributed by atoms with Crippen LogP contribution in [0.25, 0.3) is 0 Å². The number of hydrogen-bond acceptors (Lipinski definition) is 5. The van der Waals surface area contributed by atoms with Crippen molar-refractivity contribution in [2.75, 3.05) is 0 Å². The Kier molecular flexibility index (Phi) is 4.10. The third kappa shape index (κ3) is 3.15. The van der Waals surface area contributed by atoms with E-state index in [-0.39, 0.29) is 16.6 Å². The monoisotopic (exact) mass is 346 g/mol. The summed E-state index contributed by atoms with van der Waals surface area (Å²) >= 11 is 5.88. The van der Waals surface area contributed by atoms with Crippen molar-refractivity contribution < 1.29 is 14.7 Å². The van der Waals surface area contributed by atoms with Crippen LogP contribution in [0.2, 0.25) is 0 Å². The maximum absolute atomic E-state index is 11.7. The minimum absolute atomic E-state index is 0.107. The van der Waals surface area contributed by atoms with Gasteiger partial charge in [-0.05, 0) is 28.1 Å². The molecule has 0 aromatic carbocycles. The van der Waals surface area contributed by atoms with E-state index in [0.29, 0.717) is 6.54 Å². The van der Waals surface area contributed by atoms with Crippen LogP contribution in [0.15, 0.2) is 21.3 Å². The van der Waals surface area contributed by atoms with Crippen molar-refractivity contribution in [2.45, 2.75) is 6.54 Å². The van der Waals surface area contributed by atoms with Crippen molar-refractivity contribution in [1.82, 2.24) is 10.3 Å². The second-order valence-electron chi connectivity index (χ2n) is 3.23. The molecule has 2 aromatic heterocycles. The number of carbonyl (C=O) groups is 2. The van der Waals surface area contributed by atoms with Crippen molar-refractivity contribution in [3.05, 3.63) is 36.9 Å². The van der Waals surface area contributed by atoms with Gasteiger partial charge in [0, 0.05) is 10.3 Å². The molecule has 0 radical (unpaired) electrons. The Morgan fingerprint density at radius 2 is 2.22 bits per heavy atom.